The molecule has 0 aliphatic heterocycles. The van der Waals surface area contributed by atoms with Crippen molar-refractivity contribution in [1.29, 1.82) is 0 Å². The van der Waals surface area contributed by atoms with Crippen molar-refractivity contribution in [1.82, 2.24) is 9.78 Å². The average Bonchev–Trinajstić information content (AvgIpc) is 3.06. The normalized spacial score (nSPS) is 10.8. The van der Waals surface area contributed by atoms with E-state index < -0.39 is 0 Å². The summed E-state index contributed by atoms with van der Waals surface area (Å²) in [5.74, 6) is 0.584. The van der Waals surface area contributed by atoms with Gasteiger partial charge < -0.3 is 10.1 Å². The van der Waals surface area contributed by atoms with Crippen LogP contribution in [-0.2, 0) is 13.2 Å². The van der Waals surface area contributed by atoms with Crippen LogP contribution in [0.15, 0.2) is 77.3 Å². The molecule has 0 fully saturated rings. The Morgan fingerprint density at radius 3 is 2.52 bits per heavy atom. The number of aromatic nitrogens is 2. The monoisotopic (exact) mass is 523 g/mol. The van der Waals surface area contributed by atoms with Crippen molar-refractivity contribution in [3.63, 3.8) is 0 Å². The Hall–Kier alpha value is -3.09. The summed E-state index contributed by atoms with van der Waals surface area (Å²) in [5.41, 5.74) is 4.89. The van der Waals surface area contributed by atoms with Gasteiger partial charge in [0.15, 0.2) is 0 Å². The fraction of sp³-hybridized carbons (Fsp3) is 0.154. The number of nitrogens with one attached hydrogen (secondary N) is 1. The van der Waals surface area contributed by atoms with Crippen LogP contribution in [0.5, 0.6) is 5.75 Å². The van der Waals surface area contributed by atoms with E-state index >= 15 is 0 Å². The highest BCUT2D eigenvalue weighted by Gasteiger charge is 2.16. The third-order valence-electron chi connectivity index (χ3n) is 5.25. The number of rotatable bonds is 7. The Kier molecular flexibility index (Phi) is 7.16. The summed E-state index contributed by atoms with van der Waals surface area (Å²) < 4.78 is 8.70. The van der Waals surface area contributed by atoms with Crippen molar-refractivity contribution in [3.8, 4) is 5.75 Å². The summed E-state index contributed by atoms with van der Waals surface area (Å²) in [7, 11) is 0. The molecule has 1 heterocycles. The summed E-state index contributed by atoms with van der Waals surface area (Å²) in [5, 5.41) is 8.32. The first-order chi connectivity index (χ1) is 15.9. The van der Waals surface area contributed by atoms with Crippen molar-refractivity contribution in [3.05, 3.63) is 110 Å². The van der Waals surface area contributed by atoms with Gasteiger partial charge in [0.25, 0.3) is 5.91 Å². The van der Waals surface area contributed by atoms with Crippen molar-refractivity contribution in [2.45, 2.75) is 27.0 Å². The number of carbonyl (C=O) groups is 1. The molecule has 0 radical (unpaired) electrons. The first-order valence-electron chi connectivity index (χ1n) is 10.5. The Labute approximate surface area is 206 Å². The Bertz CT molecular complexity index is 1290. The molecule has 5 nitrogen and oxygen atoms in total. The number of nitrogens with zero attached hydrogens (tertiary/aromatic N) is 2. The third-order valence-corrected chi connectivity index (χ3v) is 6.01. The zero-order valence-corrected chi connectivity index (χ0v) is 20.7. The van der Waals surface area contributed by atoms with Crippen molar-refractivity contribution in [2.24, 2.45) is 0 Å². The molecule has 4 rings (SSSR count). The van der Waals surface area contributed by atoms with Crippen molar-refractivity contribution in [2.75, 3.05) is 5.32 Å². The van der Waals surface area contributed by atoms with Crippen LogP contribution in [0, 0.1) is 13.8 Å². The highest BCUT2D eigenvalue weighted by atomic mass is 79.9. The van der Waals surface area contributed by atoms with Crippen LogP contribution in [0.4, 0.5) is 5.69 Å². The van der Waals surface area contributed by atoms with Crippen molar-refractivity contribution >= 4 is 39.1 Å². The molecule has 1 N–H and O–H groups in total. The molecule has 0 unspecified atom stereocenters. The number of aryl methyl sites for hydroxylation is 1. The maximum atomic E-state index is 13.0. The summed E-state index contributed by atoms with van der Waals surface area (Å²) >= 11 is 9.52. The van der Waals surface area contributed by atoms with E-state index in [9.17, 15) is 4.79 Å². The number of benzene rings is 3. The average molecular weight is 525 g/mol. The maximum absolute atomic E-state index is 13.0. The fourth-order valence-electron chi connectivity index (χ4n) is 3.53. The highest BCUT2D eigenvalue weighted by Crippen LogP contribution is 2.23. The predicted molar refractivity (Wildman–Crippen MR) is 135 cm³/mol. The first kappa shape index (κ1) is 23.1. The van der Waals surface area contributed by atoms with Gasteiger partial charge in [0.1, 0.15) is 12.4 Å². The second-order valence-electron chi connectivity index (χ2n) is 7.73. The van der Waals surface area contributed by atoms with Gasteiger partial charge in [-0.1, -0.05) is 51.8 Å². The largest absolute Gasteiger partial charge is 0.489 e. The smallest absolute Gasteiger partial charge is 0.255 e. The number of carbonyl (C=O) groups excluding carboxylic acids is 1. The molecule has 1 amide bonds. The van der Waals surface area contributed by atoms with E-state index in [1.54, 1.807) is 6.07 Å². The van der Waals surface area contributed by atoms with Crippen LogP contribution < -0.4 is 10.1 Å². The molecule has 0 saturated heterocycles. The molecule has 0 spiro atoms. The van der Waals surface area contributed by atoms with Gasteiger partial charge in [-0.15, -0.1) is 0 Å². The number of anilines is 1. The summed E-state index contributed by atoms with van der Waals surface area (Å²) in [4.78, 5) is 13.0. The molecule has 0 aliphatic carbocycles. The van der Waals surface area contributed by atoms with Crippen LogP contribution in [-0.4, -0.2) is 15.7 Å². The number of hydrogen-bond acceptors (Lipinski definition) is 3. The molecule has 7 heteroatoms. The quantitative estimate of drug-likeness (QED) is 0.289. The number of halogens is 2. The first-order valence-corrected chi connectivity index (χ1v) is 11.6. The minimum atomic E-state index is -0.186. The molecule has 0 bridgehead atoms. The van der Waals surface area contributed by atoms with E-state index in [0.717, 1.165) is 38.4 Å². The maximum Gasteiger partial charge on any atom is 0.255 e. The SMILES string of the molecule is Cc1nn(Cc2cccc(Cl)c2)c(C)c1NC(=O)c1cccc(COc2ccc(Br)cc2)c1. The van der Waals surface area contributed by atoms with E-state index in [-0.39, 0.29) is 5.91 Å². The van der Waals surface area contributed by atoms with Crippen LogP contribution in [0.25, 0.3) is 0 Å². The van der Waals surface area contributed by atoms with E-state index in [1.165, 1.54) is 0 Å². The second-order valence-corrected chi connectivity index (χ2v) is 9.08. The molecule has 0 atom stereocenters. The minimum Gasteiger partial charge on any atom is -0.489 e. The second kappa shape index (κ2) is 10.2. The Morgan fingerprint density at radius 1 is 1.03 bits per heavy atom. The van der Waals surface area contributed by atoms with Crippen LogP contribution in [0.3, 0.4) is 0 Å². The zero-order valence-electron chi connectivity index (χ0n) is 18.3. The van der Waals surface area contributed by atoms with Gasteiger partial charge in [0, 0.05) is 15.1 Å². The molecule has 1 aromatic heterocycles. The minimum absolute atomic E-state index is 0.186. The topological polar surface area (TPSA) is 56.2 Å². The van der Waals surface area contributed by atoms with Crippen LogP contribution in [0.2, 0.25) is 5.02 Å². The zero-order chi connectivity index (χ0) is 23.4. The van der Waals surface area contributed by atoms with Gasteiger partial charge in [-0.05, 0) is 73.5 Å². The number of hydrogen-bond donors (Lipinski definition) is 1. The lowest BCUT2D eigenvalue weighted by Crippen LogP contribution is -2.14. The van der Waals surface area contributed by atoms with Gasteiger partial charge in [0.05, 0.1) is 23.6 Å². The molecule has 3 aromatic carbocycles. The van der Waals surface area contributed by atoms with E-state index in [1.807, 2.05) is 85.3 Å². The van der Waals surface area contributed by atoms with Gasteiger partial charge in [-0.25, -0.2) is 0 Å². The van der Waals surface area contributed by atoms with Gasteiger partial charge in [-0.2, -0.15) is 5.10 Å². The molecular weight excluding hydrogens is 502 g/mol. The lowest BCUT2D eigenvalue weighted by Gasteiger charge is -2.10. The van der Waals surface area contributed by atoms with Gasteiger partial charge in [-0.3, -0.25) is 9.48 Å². The fourth-order valence-corrected chi connectivity index (χ4v) is 4.00. The molecule has 0 aliphatic rings. The third kappa shape index (κ3) is 5.83. The van der Waals surface area contributed by atoms with Crippen LogP contribution in [0.1, 0.15) is 32.9 Å². The highest BCUT2D eigenvalue weighted by molar-refractivity contribution is 9.10. The van der Waals surface area contributed by atoms with E-state index in [0.29, 0.717) is 23.7 Å². The van der Waals surface area contributed by atoms with Gasteiger partial charge in [0.2, 0.25) is 0 Å². The Balaban J connectivity index is 1.45. The molecule has 4 aromatic rings. The summed E-state index contributed by atoms with van der Waals surface area (Å²) in [6.45, 7) is 4.78. The van der Waals surface area contributed by atoms with Crippen molar-refractivity contribution < 1.29 is 9.53 Å². The van der Waals surface area contributed by atoms with E-state index in [2.05, 4.69) is 26.3 Å². The van der Waals surface area contributed by atoms with Gasteiger partial charge >= 0.3 is 0 Å². The summed E-state index contributed by atoms with van der Waals surface area (Å²) in [6.07, 6.45) is 0. The van der Waals surface area contributed by atoms with E-state index in [4.69, 9.17) is 16.3 Å². The molecule has 0 saturated carbocycles. The summed E-state index contributed by atoms with van der Waals surface area (Å²) in [6, 6.07) is 22.8. The number of amides is 1. The molecule has 168 valence electrons. The lowest BCUT2D eigenvalue weighted by atomic mass is 10.1. The Morgan fingerprint density at radius 2 is 1.76 bits per heavy atom. The lowest BCUT2D eigenvalue weighted by molar-refractivity contribution is 0.102. The number of ether oxygens (including phenoxy) is 1. The predicted octanol–water partition coefficient (Wildman–Crippen LogP) is 6.80. The molecular formula is C26H23BrClN3O2. The standard InChI is InChI=1S/C26H23BrClN3O2/c1-17-25(18(2)31(30-17)15-19-5-4-8-23(28)14-19)29-26(32)21-7-3-6-20(13-21)16-33-24-11-9-22(27)10-12-24/h3-14H,15-16H2,1-2H3,(H,29,32). The van der Waals surface area contributed by atoms with Crippen LogP contribution >= 0.6 is 27.5 Å². The molecule has 33 heavy (non-hydrogen) atoms.